The fourth-order valence-corrected chi connectivity index (χ4v) is 3.96. The van der Waals surface area contributed by atoms with Gasteiger partial charge in [0.2, 0.25) is 5.91 Å². The topological polar surface area (TPSA) is 75.6 Å². The zero-order chi connectivity index (χ0) is 18.5. The van der Waals surface area contributed by atoms with Gasteiger partial charge in [0.25, 0.3) is 0 Å². The summed E-state index contributed by atoms with van der Waals surface area (Å²) in [6.45, 7) is 5.98. The van der Waals surface area contributed by atoms with E-state index in [1.165, 1.54) is 11.8 Å². The number of hydrogen-bond donors (Lipinski definition) is 1. The van der Waals surface area contributed by atoms with Crippen molar-refractivity contribution in [1.82, 2.24) is 14.9 Å². The van der Waals surface area contributed by atoms with E-state index in [4.69, 9.17) is 4.74 Å². The van der Waals surface area contributed by atoms with E-state index in [0.717, 1.165) is 11.3 Å². The van der Waals surface area contributed by atoms with Crippen molar-refractivity contribution in [2.24, 2.45) is 0 Å². The van der Waals surface area contributed by atoms with Gasteiger partial charge in [-0.3, -0.25) is 4.79 Å². The van der Waals surface area contributed by atoms with Crippen LogP contribution in [0.5, 0.6) is 0 Å². The predicted octanol–water partition coefficient (Wildman–Crippen LogP) is 2.46. The highest BCUT2D eigenvalue weighted by Gasteiger charge is 2.21. The van der Waals surface area contributed by atoms with E-state index in [1.807, 2.05) is 42.2 Å². The molecule has 7 heteroatoms. The van der Waals surface area contributed by atoms with Crippen molar-refractivity contribution >= 4 is 17.7 Å². The molecule has 6 nitrogen and oxygen atoms in total. The lowest BCUT2D eigenvalue weighted by molar-refractivity contribution is -0.132. The number of aliphatic hydroxyl groups excluding tert-OH is 1. The highest BCUT2D eigenvalue weighted by Crippen LogP contribution is 2.30. The number of rotatable bonds is 5. The summed E-state index contributed by atoms with van der Waals surface area (Å²) in [5, 5.41) is 10.8. The first-order chi connectivity index (χ1) is 12.6. The number of ether oxygens (including phenoxy) is 1. The molecule has 0 bridgehead atoms. The number of nitrogens with zero attached hydrogens (tertiary/aromatic N) is 3. The average molecular weight is 373 g/mol. The molecule has 26 heavy (non-hydrogen) atoms. The molecule has 1 atom stereocenters. The second kappa shape index (κ2) is 8.62. The third kappa shape index (κ3) is 4.41. The molecule has 1 saturated heterocycles. The van der Waals surface area contributed by atoms with E-state index in [-0.39, 0.29) is 11.7 Å². The van der Waals surface area contributed by atoms with Crippen LogP contribution in [-0.4, -0.2) is 57.9 Å². The summed E-state index contributed by atoms with van der Waals surface area (Å²) in [6, 6.07) is 9.71. The molecule has 0 spiro atoms. The number of amides is 1. The Hall–Kier alpha value is -1.96. The number of benzene rings is 1. The molecule has 1 aromatic heterocycles. The molecule has 3 rings (SSSR count). The highest BCUT2D eigenvalue weighted by atomic mass is 32.2. The lowest BCUT2D eigenvalue weighted by atomic mass is 10.1. The van der Waals surface area contributed by atoms with Crippen LogP contribution in [0.1, 0.15) is 24.3 Å². The summed E-state index contributed by atoms with van der Waals surface area (Å²) < 4.78 is 5.29. The SMILES string of the molecule is Cc1nc(-c2ccccc2)nc(SCC(=O)N2CCOCC2)c1[C@@H](C)O. The van der Waals surface area contributed by atoms with Crippen molar-refractivity contribution in [3.8, 4) is 11.4 Å². The second-order valence-corrected chi connectivity index (χ2v) is 7.14. The number of aromatic nitrogens is 2. The number of carbonyl (C=O) groups is 1. The molecular formula is C19H23N3O3S. The monoisotopic (exact) mass is 373 g/mol. The number of morpholine rings is 1. The van der Waals surface area contributed by atoms with Gasteiger partial charge < -0.3 is 14.7 Å². The molecule has 0 radical (unpaired) electrons. The third-order valence-corrected chi connectivity index (χ3v) is 5.22. The van der Waals surface area contributed by atoms with Crippen molar-refractivity contribution in [1.29, 1.82) is 0 Å². The quantitative estimate of drug-likeness (QED) is 0.641. The summed E-state index contributed by atoms with van der Waals surface area (Å²) in [4.78, 5) is 23.4. The largest absolute Gasteiger partial charge is 0.389 e. The molecule has 1 amide bonds. The molecule has 138 valence electrons. The van der Waals surface area contributed by atoms with Crippen LogP contribution >= 0.6 is 11.8 Å². The lowest BCUT2D eigenvalue weighted by Crippen LogP contribution is -2.41. The number of carbonyl (C=O) groups excluding carboxylic acids is 1. The number of thioether (sulfide) groups is 1. The van der Waals surface area contributed by atoms with Crippen molar-refractivity contribution in [2.75, 3.05) is 32.1 Å². The number of aliphatic hydroxyl groups is 1. The van der Waals surface area contributed by atoms with Gasteiger partial charge in [0.1, 0.15) is 5.03 Å². The van der Waals surface area contributed by atoms with E-state index in [1.54, 1.807) is 6.92 Å². The van der Waals surface area contributed by atoms with Crippen molar-refractivity contribution in [2.45, 2.75) is 25.0 Å². The van der Waals surface area contributed by atoms with Gasteiger partial charge >= 0.3 is 0 Å². The van der Waals surface area contributed by atoms with Gasteiger partial charge in [0, 0.05) is 29.9 Å². The zero-order valence-electron chi connectivity index (χ0n) is 15.0. The highest BCUT2D eigenvalue weighted by molar-refractivity contribution is 7.99. The molecule has 2 heterocycles. The normalized spacial score (nSPS) is 15.7. The smallest absolute Gasteiger partial charge is 0.233 e. The maximum absolute atomic E-state index is 12.4. The molecule has 1 aliphatic heterocycles. The molecule has 1 aromatic carbocycles. The summed E-state index contributed by atoms with van der Waals surface area (Å²) in [7, 11) is 0. The molecule has 1 aliphatic rings. The van der Waals surface area contributed by atoms with Gasteiger partial charge in [0.05, 0.1) is 25.1 Å². The van der Waals surface area contributed by atoms with Gasteiger partial charge in [-0.25, -0.2) is 9.97 Å². The van der Waals surface area contributed by atoms with Crippen molar-refractivity contribution in [3.05, 3.63) is 41.6 Å². The molecule has 0 aliphatic carbocycles. The minimum absolute atomic E-state index is 0.0624. The first-order valence-corrected chi connectivity index (χ1v) is 9.65. The van der Waals surface area contributed by atoms with Crippen molar-refractivity contribution < 1.29 is 14.6 Å². The Labute approximate surface area is 157 Å². The minimum Gasteiger partial charge on any atom is -0.389 e. The van der Waals surface area contributed by atoms with E-state index >= 15 is 0 Å². The number of hydrogen-bond acceptors (Lipinski definition) is 6. The predicted molar refractivity (Wildman–Crippen MR) is 101 cm³/mol. The van der Waals surface area contributed by atoms with Gasteiger partial charge in [-0.05, 0) is 13.8 Å². The van der Waals surface area contributed by atoms with E-state index in [2.05, 4.69) is 9.97 Å². The first-order valence-electron chi connectivity index (χ1n) is 8.66. The van der Waals surface area contributed by atoms with Gasteiger partial charge in [0.15, 0.2) is 5.82 Å². The van der Waals surface area contributed by atoms with Crippen LogP contribution in [0.25, 0.3) is 11.4 Å². The lowest BCUT2D eigenvalue weighted by Gasteiger charge is -2.26. The Bertz CT molecular complexity index is 762. The Morgan fingerprint density at radius 2 is 1.96 bits per heavy atom. The maximum atomic E-state index is 12.4. The van der Waals surface area contributed by atoms with Crippen LogP contribution < -0.4 is 0 Å². The summed E-state index contributed by atoms with van der Waals surface area (Å²) in [5.41, 5.74) is 2.33. The van der Waals surface area contributed by atoms with Gasteiger partial charge in [-0.1, -0.05) is 42.1 Å². The van der Waals surface area contributed by atoms with Crippen LogP contribution in [-0.2, 0) is 9.53 Å². The molecule has 1 N–H and O–H groups in total. The van der Waals surface area contributed by atoms with Crippen LogP contribution in [0.4, 0.5) is 0 Å². The van der Waals surface area contributed by atoms with Gasteiger partial charge in [-0.15, -0.1) is 0 Å². The second-order valence-electron chi connectivity index (χ2n) is 6.18. The van der Waals surface area contributed by atoms with Crippen molar-refractivity contribution in [3.63, 3.8) is 0 Å². The molecule has 1 fully saturated rings. The Morgan fingerprint density at radius 1 is 1.27 bits per heavy atom. The third-order valence-electron chi connectivity index (χ3n) is 4.25. The molecular weight excluding hydrogens is 350 g/mol. The fraction of sp³-hybridized carbons (Fsp3) is 0.421. The summed E-state index contributed by atoms with van der Waals surface area (Å²) >= 11 is 1.36. The molecule has 0 saturated carbocycles. The van der Waals surface area contributed by atoms with Crippen LogP contribution in [0.2, 0.25) is 0 Å². The Morgan fingerprint density at radius 3 is 2.62 bits per heavy atom. The standard InChI is InChI=1S/C19H23N3O3S/c1-13-17(14(2)23)19(21-18(20-13)15-6-4-3-5-7-15)26-12-16(24)22-8-10-25-11-9-22/h3-7,14,23H,8-12H2,1-2H3/t14-/m1/s1. The minimum atomic E-state index is -0.694. The maximum Gasteiger partial charge on any atom is 0.233 e. The molecule has 0 unspecified atom stereocenters. The van der Waals surface area contributed by atoms with Gasteiger partial charge in [-0.2, -0.15) is 0 Å². The summed E-state index contributed by atoms with van der Waals surface area (Å²) in [5.74, 6) is 0.950. The van der Waals surface area contributed by atoms with Crippen LogP contribution in [0, 0.1) is 6.92 Å². The van der Waals surface area contributed by atoms with E-state index in [0.29, 0.717) is 42.7 Å². The zero-order valence-corrected chi connectivity index (χ0v) is 15.8. The number of aryl methyl sites for hydroxylation is 1. The average Bonchev–Trinajstić information content (AvgIpc) is 2.66. The van der Waals surface area contributed by atoms with Crippen LogP contribution in [0.15, 0.2) is 35.4 Å². The first kappa shape index (κ1) is 18.8. The van der Waals surface area contributed by atoms with E-state index in [9.17, 15) is 9.90 Å². The molecule has 2 aromatic rings. The Balaban J connectivity index is 1.83. The Kier molecular flexibility index (Phi) is 6.24. The van der Waals surface area contributed by atoms with Crippen LogP contribution in [0.3, 0.4) is 0 Å². The summed E-state index contributed by atoms with van der Waals surface area (Å²) in [6.07, 6.45) is -0.694. The van der Waals surface area contributed by atoms with E-state index < -0.39 is 6.10 Å². The fourth-order valence-electron chi connectivity index (χ4n) is 2.90.